The minimum absolute atomic E-state index is 0.988. The van der Waals surface area contributed by atoms with Crippen LogP contribution >= 0.6 is 11.3 Å². The minimum atomic E-state index is 0.988. The Hall–Kier alpha value is -1.35. The maximum absolute atomic E-state index is 4.17. The van der Waals surface area contributed by atoms with E-state index in [2.05, 4.69) is 40.6 Å². The van der Waals surface area contributed by atoms with Gasteiger partial charge in [-0.3, -0.25) is 0 Å². The highest BCUT2D eigenvalue weighted by atomic mass is 32.1. The molecule has 78 valence electrons. The van der Waals surface area contributed by atoms with Crippen molar-refractivity contribution in [3.63, 3.8) is 0 Å². The third kappa shape index (κ3) is 3.36. The Labute approximate surface area is 94.0 Å². The van der Waals surface area contributed by atoms with Gasteiger partial charge in [-0.25, -0.2) is 4.98 Å². The molecule has 0 atom stereocenters. The zero-order valence-corrected chi connectivity index (χ0v) is 9.33. The molecule has 0 fully saturated rings. The second-order valence-electron chi connectivity index (χ2n) is 3.35. The van der Waals surface area contributed by atoms with Crippen LogP contribution in [0, 0.1) is 0 Å². The van der Waals surface area contributed by atoms with Crippen LogP contribution in [0.25, 0.3) is 0 Å². The standard InChI is InChI=1S/C12H14N2S/c1-2-5-11(6-3-1)7-4-8-13-12-14-9-10-15-12/h1-3,5-6,9-10H,4,7-8H2,(H,13,14). The number of aryl methyl sites for hydroxylation is 1. The average Bonchev–Trinajstić information content (AvgIpc) is 2.79. The molecular weight excluding hydrogens is 204 g/mol. The first-order chi connectivity index (χ1) is 7.45. The largest absolute Gasteiger partial charge is 0.362 e. The summed E-state index contributed by atoms with van der Waals surface area (Å²) in [5.74, 6) is 0. The van der Waals surface area contributed by atoms with E-state index in [1.165, 1.54) is 5.56 Å². The van der Waals surface area contributed by atoms with Crippen LogP contribution in [0.15, 0.2) is 41.9 Å². The molecule has 1 N–H and O–H groups in total. The molecule has 15 heavy (non-hydrogen) atoms. The maximum atomic E-state index is 4.17. The Balaban J connectivity index is 1.68. The topological polar surface area (TPSA) is 24.9 Å². The lowest BCUT2D eigenvalue weighted by atomic mass is 10.1. The molecule has 1 aromatic carbocycles. The lowest BCUT2D eigenvalue weighted by Crippen LogP contribution is -2.02. The van der Waals surface area contributed by atoms with Crippen molar-refractivity contribution >= 4 is 16.5 Å². The Morgan fingerprint density at radius 1 is 1.20 bits per heavy atom. The van der Waals surface area contributed by atoms with Crippen molar-refractivity contribution in [3.8, 4) is 0 Å². The third-order valence-electron chi connectivity index (χ3n) is 2.19. The molecule has 0 saturated carbocycles. The van der Waals surface area contributed by atoms with Gasteiger partial charge in [0, 0.05) is 18.1 Å². The van der Waals surface area contributed by atoms with E-state index in [-0.39, 0.29) is 0 Å². The van der Waals surface area contributed by atoms with Crippen LogP contribution < -0.4 is 5.32 Å². The van der Waals surface area contributed by atoms with Gasteiger partial charge >= 0.3 is 0 Å². The number of nitrogens with zero attached hydrogens (tertiary/aromatic N) is 1. The van der Waals surface area contributed by atoms with Gasteiger partial charge in [0.25, 0.3) is 0 Å². The highest BCUT2D eigenvalue weighted by Crippen LogP contribution is 2.10. The number of hydrogen-bond donors (Lipinski definition) is 1. The van der Waals surface area contributed by atoms with Crippen molar-refractivity contribution in [1.82, 2.24) is 4.98 Å². The molecule has 1 aromatic heterocycles. The fraction of sp³-hybridized carbons (Fsp3) is 0.250. The monoisotopic (exact) mass is 218 g/mol. The summed E-state index contributed by atoms with van der Waals surface area (Å²) in [5.41, 5.74) is 1.40. The van der Waals surface area contributed by atoms with Crippen LogP contribution in [-0.2, 0) is 6.42 Å². The molecule has 0 aliphatic carbocycles. The summed E-state index contributed by atoms with van der Waals surface area (Å²) in [6.07, 6.45) is 4.09. The number of rotatable bonds is 5. The molecule has 2 rings (SSSR count). The van der Waals surface area contributed by atoms with E-state index in [9.17, 15) is 0 Å². The fourth-order valence-electron chi connectivity index (χ4n) is 1.44. The van der Waals surface area contributed by atoms with E-state index in [4.69, 9.17) is 0 Å². The zero-order valence-electron chi connectivity index (χ0n) is 8.52. The van der Waals surface area contributed by atoms with Crippen LogP contribution in [0.3, 0.4) is 0 Å². The molecular formula is C12H14N2S. The number of aromatic nitrogens is 1. The van der Waals surface area contributed by atoms with E-state index in [1.807, 2.05) is 11.6 Å². The van der Waals surface area contributed by atoms with Gasteiger partial charge in [-0.1, -0.05) is 30.3 Å². The van der Waals surface area contributed by atoms with E-state index < -0.39 is 0 Å². The summed E-state index contributed by atoms with van der Waals surface area (Å²) in [7, 11) is 0. The molecule has 0 aliphatic rings. The summed E-state index contributed by atoms with van der Waals surface area (Å²) in [6.45, 7) is 0.988. The van der Waals surface area contributed by atoms with Crippen LogP contribution in [-0.4, -0.2) is 11.5 Å². The molecule has 2 aromatic rings. The second-order valence-corrected chi connectivity index (χ2v) is 4.25. The van der Waals surface area contributed by atoms with E-state index >= 15 is 0 Å². The smallest absolute Gasteiger partial charge is 0.182 e. The molecule has 0 spiro atoms. The van der Waals surface area contributed by atoms with Gasteiger partial charge in [0.05, 0.1) is 0 Å². The maximum Gasteiger partial charge on any atom is 0.182 e. The number of anilines is 1. The molecule has 0 radical (unpaired) electrons. The van der Waals surface area contributed by atoms with Crippen molar-refractivity contribution in [3.05, 3.63) is 47.5 Å². The first kappa shape index (κ1) is 10.2. The lowest BCUT2D eigenvalue weighted by molar-refractivity contribution is 0.862. The molecule has 0 saturated heterocycles. The Bertz CT molecular complexity index is 370. The van der Waals surface area contributed by atoms with Crippen molar-refractivity contribution < 1.29 is 0 Å². The summed E-state index contributed by atoms with van der Waals surface area (Å²) < 4.78 is 0. The van der Waals surface area contributed by atoms with Crippen molar-refractivity contribution in [2.45, 2.75) is 12.8 Å². The van der Waals surface area contributed by atoms with Crippen LogP contribution in [0.1, 0.15) is 12.0 Å². The second kappa shape index (κ2) is 5.51. The lowest BCUT2D eigenvalue weighted by Gasteiger charge is -2.02. The normalized spacial score (nSPS) is 10.1. The SMILES string of the molecule is c1ccc(CCCNc2nccs2)cc1. The molecule has 0 unspecified atom stereocenters. The van der Waals surface area contributed by atoms with Gasteiger partial charge in [-0.15, -0.1) is 11.3 Å². The molecule has 0 aliphatic heterocycles. The van der Waals surface area contributed by atoms with E-state index in [1.54, 1.807) is 11.3 Å². The number of hydrogen-bond acceptors (Lipinski definition) is 3. The van der Waals surface area contributed by atoms with E-state index in [0.717, 1.165) is 24.5 Å². The predicted molar refractivity (Wildman–Crippen MR) is 65.4 cm³/mol. The van der Waals surface area contributed by atoms with Crippen LogP contribution in [0.5, 0.6) is 0 Å². The van der Waals surface area contributed by atoms with Crippen molar-refractivity contribution in [2.24, 2.45) is 0 Å². The number of benzene rings is 1. The first-order valence-electron chi connectivity index (χ1n) is 5.12. The predicted octanol–water partition coefficient (Wildman–Crippen LogP) is 3.19. The highest BCUT2D eigenvalue weighted by Gasteiger charge is 1.94. The summed E-state index contributed by atoms with van der Waals surface area (Å²) in [6, 6.07) is 10.6. The highest BCUT2D eigenvalue weighted by molar-refractivity contribution is 7.13. The summed E-state index contributed by atoms with van der Waals surface area (Å²) in [4.78, 5) is 4.17. The van der Waals surface area contributed by atoms with Crippen LogP contribution in [0.4, 0.5) is 5.13 Å². The molecule has 1 heterocycles. The Morgan fingerprint density at radius 2 is 2.07 bits per heavy atom. The molecule has 2 nitrogen and oxygen atoms in total. The Kier molecular flexibility index (Phi) is 3.74. The molecule has 3 heteroatoms. The fourth-order valence-corrected chi connectivity index (χ4v) is 2.00. The van der Waals surface area contributed by atoms with Gasteiger partial charge in [0.15, 0.2) is 5.13 Å². The van der Waals surface area contributed by atoms with Gasteiger partial charge in [-0.2, -0.15) is 0 Å². The van der Waals surface area contributed by atoms with Crippen molar-refractivity contribution in [2.75, 3.05) is 11.9 Å². The number of nitrogens with one attached hydrogen (secondary N) is 1. The van der Waals surface area contributed by atoms with Gasteiger partial charge in [-0.05, 0) is 18.4 Å². The zero-order chi connectivity index (χ0) is 10.3. The summed E-state index contributed by atoms with van der Waals surface area (Å²) in [5, 5.41) is 6.30. The van der Waals surface area contributed by atoms with Gasteiger partial charge < -0.3 is 5.32 Å². The average molecular weight is 218 g/mol. The Morgan fingerprint density at radius 3 is 2.80 bits per heavy atom. The minimum Gasteiger partial charge on any atom is -0.362 e. The third-order valence-corrected chi connectivity index (χ3v) is 2.92. The quantitative estimate of drug-likeness (QED) is 0.780. The van der Waals surface area contributed by atoms with Crippen molar-refractivity contribution in [1.29, 1.82) is 0 Å². The first-order valence-corrected chi connectivity index (χ1v) is 6.00. The molecule has 0 amide bonds. The van der Waals surface area contributed by atoms with Gasteiger partial charge in [0.1, 0.15) is 0 Å². The van der Waals surface area contributed by atoms with Gasteiger partial charge in [0.2, 0.25) is 0 Å². The van der Waals surface area contributed by atoms with Crippen LogP contribution in [0.2, 0.25) is 0 Å². The van der Waals surface area contributed by atoms with E-state index in [0.29, 0.717) is 0 Å². The molecule has 0 bridgehead atoms. The number of thiazole rings is 1. The summed E-state index contributed by atoms with van der Waals surface area (Å²) >= 11 is 1.65.